The summed E-state index contributed by atoms with van der Waals surface area (Å²) in [5, 5.41) is 13.7. The number of sulfonamides is 1. The van der Waals surface area contributed by atoms with Gasteiger partial charge in [0, 0.05) is 32.6 Å². The molecule has 0 fully saturated rings. The molecule has 0 atom stereocenters. The normalized spacial score (nSPS) is 12.6. The van der Waals surface area contributed by atoms with Gasteiger partial charge in [-0.2, -0.15) is 5.10 Å². The number of allylic oxidation sites excluding steroid dienone is 1. The maximum absolute atomic E-state index is 13.8. The van der Waals surface area contributed by atoms with Crippen molar-refractivity contribution in [2.24, 2.45) is 5.73 Å². The SMILES string of the molecule is Cc1nn(CC(F)=CCN)c(C(=O)O)c1Cc1ccc(S(=O)(=O)N(C)C)cc1. The average Bonchev–Trinajstić information content (AvgIpc) is 2.90. The van der Waals surface area contributed by atoms with Gasteiger partial charge in [-0.25, -0.2) is 21.9 Å². The van der Waals surface area contributed by atoms with Crippen LogP contribution in [0.2, 0.25) is 0 Å². The molecule has 0 radical (unpaired) electrons. The Morgan fingerprint density at radius 2 is 1.93 bits per heavy atom. The number of hydrogen-bond donors (Lipinski definition) is 2. The Kier molecular flexibility index (Phi) is 6.70. The maximum atomic E-state index is 13.8. The van der Waals surface area contributed by atoms with Gasteiger partial charge in [0.05, 0.1) is 17.1 Å². The Morgan fingerprint density at radius 1 is 1.32 bits per heavy atom. The third-order valence-corrected chi connectivity index (χ3v) is 6.01. The lowest BCUT2D eigenvalue weighted by molar-refractivity contribution is 0.0682. The lowest BCUT2D eigenvalue weighted by atomic mass is 10.0. The number of carbonyl (C=O) groups is 1. The van der Waals surface area contributed by atoms with Crippen LogP contribution in [0.25, 0.3) is 0 Å². The van der Waals surface area contributed by atoms with Crippen LogP contribution >= 0.6 is 0 Å². The molecule has 8 nitrogen and oxygen atoms in total. The number of carboxylic acid groups (broad SMARTS) is 1. The molecule has 1 heterocycles. The molecule has 0 aliphatic heterocycles. The molecule has 0 bridgehead atoms. The average molecular weight is 410 g/mol. The molecule has 3 N–H and O–H groups in total. The Morgan fingerprint density at radius 3 is 2.43 bits per heavy atom. The number of halogens is 1. The van der Waals surface area contributed by atoms with E-state index >= 15 is 0 Å². The van der Waals surface area contributed by atoms with Gasteiger partial charge >= 0.3 is 5.97 Å². The molecule has 0 spiro atoms. The number of benzene rings is 1. The summed E-state index contributed by atoms with van der Waals surface area (Å²) < 4.78 is 40.3. The number of carboxylic acids is 1. The highest BCUT2D eigenvalue weighted by Crippen LogP contribution is 2.22. The van der Waals surface area contributed by atoms with E-state index in [0.717, 1.165) is 15.1 Å². The molecule has 28 heavy (non-hydrogen) atoms. The van der Waals surface area contributed by atoms with E-state index in [1.807, 2.05) is 0 Å². The number of nitrogens with zero attached hydrogens (tertiary/aromatic N) is 3. The zero-order valence-corrected chi connectivity index (χ0v) is 16.7. The molecular formula is C18H23FN4O4S. The lowest BCUT2D eigenvalue weighted by Gasteiger charge is -2.11. The summed E-state index contributed by atoms with van der Waals surface area (Å²) in [6.45, 7) is 1.33. The van der Waals surface area contributed by atoms with E-state index in [-0.39, 0.29) is 30.1 Å². The fourth-order valence-electron chi connectivity index (χ4n) is 2.71. The molecule has 1 aromatic carbocycles. The molecule has 1 aromatic heterocycles. The molecule has 0 aliphatic carbocycles. The van der Waals surface area contributed by atoms with Gasteiger partial charge in [0.25, 0.3) is 0 Å². The van der Waals surface area contributed by atoms with Crippen LogP contribution in [-0.2, 0) is 23.0 Å². The summed E-state index contributed by atoms with van der Waals surface area (Å²) in [5.74, 6) is -1.79. The summed E-state index contributed by atoms with van der Waals surface area (Å²) in [7, 11) is -0.661. The van der Waals surface area contributed by atoms with Crippen molar-refractivity contribution in [3.63, 3.8) is 0 Å². The van der Waals surface area contributed by atoms with Crippen molar-refractivity contribution in [3.05, 3.63) is 58.7 Å². The molecule has 2 rings (SSSR count). The fourth-order valence-corrected chi connectivity index (χ4v) is 3.62. The first-order valence-electron chi connectivity index (χ1n) is 8.43. The smallest absolute Gasteiger partial charge is 0.354 e. The highest BCUT2D eigenvalue weighted by Gasteiger charge is 2.22. The topological polar surface area (TPSA) is 119 Å². The summed E-state index contributed by atoms with van der Waals surface area (Å²) >= 11 is 0. The van der Waals surface area contributed by atoms with Gasteiger partial charge in [0.15, 0.2) is 5.69 Å². The highest BCUT2D eigenvalue weighted by molar-refractivity contribution is 7.89. The number of nitrogens with two attached hydrogens (primary N) is 1. The van der Waals surface area contributed by atoms with E-state index in [2.05, 4.69) is 5.10 Å². The molecule has 2 aromatic rings. The third-order valence-electron chi connectivity index (χ3n) is 4.18. The molecule has 0 saturated carbocycles. The summed E-state index contributed by atoms with van der Waals surface area (Å²) in [5.41, 5.74) is 6.77. The van der Waals surface area contributed by atoms with E-state index < -0.39 is 21.8 Å². The Labute approximate surface area is 163 Å². The van der Waals surface area contributed by atoms with E-state index in [1.54, 1.807) is 19.1 Å². The Bertz CT molecular complexity index is 995. The minimum Gasteiger partial charge on any atom is -0.477 e. The van der Waals surface area contributed by atoms with Crippen LogP contribution in [0.3, 0.4) is 0 Å². The number of aromatic nitrogens is 2. The molecule has 0 amide bonds. The standard InChI is InChI=1S/C18H23FN4O4S/c1-12-16(17(18(24)25)23(21-12)11-14(19)8-9-20)10-13-4-6-15(7-5-13)28(26,27)22(2)3/h4-8H,9-11,20H2,1-3H3,(H,24,25). The first kappa shape index (κ1) is 21.7. The zero-order valence-electron chi connectivity index (χ0n) is 15.9. The third kappa shape index (κ3) is 4.64. The summed E-state index contributed by atoms with van der Waals surface area (Å²) in [6.07, 6.45) is 1.38. The van der Waals surface area contributed by atoms with Gasteiger partial charge in [-0.15, -0.1) is 0 Å². The summed E-state index contributed by atoms with van der Waals surface area (Å²) in [6, 6.07) is 6.17. The largest absolute Gasteiger partial charge is 0.477 e. The molecule has 10 heteroatoms. The van der Waals surface area contributed by atoms with Gasteiger partial charge in [-0.3, -0.25) is 4.68 Å². The van der Waals surface area contributed by atoms with Crippen LogP contribution in [0.4, 0.5) is 4.39 Å². The Balaban J connectivity index is 2.37. The summed E-state index contributed by atoms with van der Waals surface area (Å²) in [4.78, 5) is 11.9. The molecule has 0 aliphatic rings. The van der Waals surface area contributed by atoms with Crippen molar-refractivity contribution < 1.29 is 22.7 Å². The monoisotopic (exact) mass is 410 g/mol. The number of aromatic carboxylic acids is 1. The van der Waals surface area contributed by atoms with Gasteiger partial charge in [-0.05, 0) is 30.7 Å². The van der Waals surface area contributed by atoms with E-state index in [1.165, 1.54) is 26.2 Å². The quantitative estimate of drug-likeness (QED) is 0.681. The van der Waals surface area contributed by atoms with Crippen LogP contribution in [0.5, 0.6) is 0 Å². The van der Waals surface area contributed by atoms with Crippen molar-refractivity contribution >= 4 is 16.0 Å². The van der Waals surface area contributed by atoms with Crippen LogP contribution in [0.1, 0.15) is 27.3 Å². The van der Waals surface area contributed by atoms with Gasteiger partial charge in [0.2, 0.25) is 10.0 Å². The number of rotatable bonds is 8. The van der Waals surface area contributed by atoms with Gasteiger partial charge in [0.1, 0.15) is 5.83 Å². The van der Waals surface area contributed by atoms with Gasteiger partial charge in [-0.1, -0.05) is 12.1 Å². The van der Waals surface area contributed by atoms with Crippen molar-refractivity contribution in [2.45, 2.75) is 24.8 Å². The second kappa shape index (κ2) is 8.63. The van der Waals surface area contributed by atoms with Crippen molar-refractivity contribution in [3.8, 4) is 0 Å². The first-order chi connectivity index (χ1) is 13.1. The molecule has 152 valence electrons. The van der Waals surface area contributed by atoms with Crippen LogP contribution in [0.15, 0.2) is 41.1 Å². The van der Waals surface area contributed by atoms with E-state index in [9.17, 15) is 22.7 Å². The number of aryl methyl sites for hydroxylation is 1. The zero-order chi connectivity index (χ0) is 21.1. The minimum absolute atomic E-state index is 0.00352. The first-order valence-corrected chi connectivity index (χ1v) is 9.87. The number of hydrogen-bond acceptors (Lipinski definition) is 5. The van der Waals surface area contributed by atoms with Crippen LogP contribution < -0.4 is 5.73 Å². The Hall–Kier alpha value is -2.56. The maximum Gasteiger partial charge on any atom is 0.354 e. The van der Waals surface area contributed by atoms with E-state index in [0.29, 0.717) is 16.8 Å². The predicted molar refractivity (Wildman–Crippen MR) is 102 cm³/mol. The fraction of sp³-hybridized carbons (Fsp3) is 0.333. The second-order valence-corrected chi connectivity index (χ2v) is 8.52. The van der Waals surface area contributed by atoms with Gasteiger partial charge < -0.3 is 10.8 Å². The second-order valence-electron chi connectivity index (χ2n) is 6.37. The molecule has 0 saturated heterocycles. The molecular weight excluding hydrogens is 387 g/mol. The predicted octanol–water partition coefficient (Wildman–Crippen LogP) is 1.54. The highest BCUT2D eigenvalue weighted by atomic mass is 32.2. The van der Waals surface area contributed by atoms with Crippen molar-refractivity contribution in [1.29, 1.82) is 0 Å². The van der Waals surface area contributed by atoms with Crippen LogP contribution in [-0.4, -0.2) is 54.2 Å². The van der Waals surface area contributed by atoms with Crippen molar-refractivity contribution in [2.75, 3.05) is 20.6 Å². The van der Waals surface area contributed by atoms with Crippen LogP contribution in [0, 0.1) is 6.92 Å². The van der Waals surface area contributed by atoms with E-state index in [4.69, 9.17) is 5.73 Å². The minimum atomic E-state index is -3.55. The van der Waals surface area contributed by atoms with Crippen molar-refractivity contribution in [1.82, 2.24) is 14.1 Å². The molecule has 0 unspecified atom stereocenters. The lowest BCUT2D eigenvalue weighted by Crippen LogP contribution is -2.22.